The second-order valence-corrected chi connectivity index (χ2v) is 9.70. The van der Waals surface area contributed by atoms with Crippen LogP contribution in [0.4, 0.5) is 5.69 Å². The number of nitrogens with one attached hydrogen (secondary N) is 1. The van der Waals surface area contributed by atoms with Gasteiger partial charge in [-0.15, -0.1) is 0 Å². The maximum absolute atomic E-state index is 12.9. The minimum absolute atomic E-state index is 0.0480. The first kappa shape index (κ1) is 18.4. The highest BCUT2D eigenvalue weighted by atomic mass is 32.2. The minimum Gasteiger partial charge on any atom is -0.326 e. The van der Waals surface area contributed by atoms with Crippen molar-refractivity contribution in [1.82, 2.24) is 4.31 Å². The van der Waals surface area contributed by atoms with Crippen LogP contribution in [-0.4, -0.2) is 31.7 Å². The first-order chi connectivity index (χ1) is 11.9. The van der Waals surface area contributed by atoms with Gasteiger partial charge in [0, 0.05) is 24.7 Å². The molecule has 1 aromatic rings. The van der Waals surface area contributed by atoms with Crippen LogP contribution in [0.25, 0.3) is 0 Å². The highest BCUT2D eigenvalue weighted by Gasteiger charge is 2.31. The summed E-state index contributed by atoms with van der Waals surface area (Å²) >= 11 is 0. The monoisotopic (exact) mass is 364 g/mol. The number of sulfonamides is 1. The van der Waals surface area contributed by atoms with E-state index in [1.165, 1.54) is 0 Å². The van der Waals surface area contributed by atoms with Gasteiger partial charge in [0.1, 0.15) is 0 Å². The molecule has 1 saturated heterocycles. The van der Waals surface area contributed by atoms with Crippen LogP contribution in [0, 0.1) is 17.8 Å². The number of carbonyl (C=O) groups is 1. The quantitative estimate of drug-likeness (QED) is 0.889. The van der Waals surface area contributed by atoms with Crippen LogP contribution in [0.2, 0.25) is 0 Å². The Morgan fingerprint density at radius 3 is 2.16 bits per heavy atom. The van der Waals surface area contributed by atoms with E-state index in [1.54, 1.807) is 28.6 Å². The molecule has 2 aliphatic rings. The summed E-state index contributed by atoms with van der Waals surface area (Å²) in [6.07, 6.45) is 5.19. The molecule has 138 valence electrons. The van der Waals surface area contributed by atoms with Gasteiger partial charge >= 0.3 is 0 Å². The van der Waals surface area contributed by atoms with Gasteiger partial charge in [-0.1, -0.05) is 26.7 Å². The van der Waals surface area contributed by atoms with Crippen molar-refractivity contribution < 1.29 is 13.2 Å². The first-order valence-electron chi connectivity index (χ1n) is 9.27. The zero-order chi connectivity index (χ0) is 18.0. The molecule has 0 spiro atoms. The van der Waals surface area contributed by atoms with E-state index in [1.807, 2.05) is 0 Å². The van der Waals surface area contributed by atoms with E-state index < -0.39 is 10.0 Å². The molecular weight excluding hydrogens is 336 g/mol. The van der Waals surface area contributed by atoms with Crippen molar-refractivity contribution in [1.29, 1.82) is 0 Å². The number of hydrogen-bond donors (Lipinski definition) is 1. The van der Waals surface area contributed by atoms with E-state index in [-0.39, 0.29) is 11.8 Å². The molecule has 0 aromatic heterocycles. The third-order valence-corrected chi connectivity index (χ3v) is 7.17. The molecule has 1 saturated carbocycles. The van der Waals surface area contributed by atoms with Crippen molar-refractivity contribution >= 4 is 21.6 Å². The molecule has 6 heteroatoms. The van der Waals surface area contributed by atoms with Gasteiger partial charge in [0.25, 0.3) is 0 Å². The predicted octanol–water partition coefficient (Wildman–Crippen LogP) is 3.48. The minimum atomic E-state index is -3.47. The maximum Gasteiger partial charge on any atom is 0.243 e. The fourth-order valence-electron chi connectivity index (χ4n) is 4.09. The second-order valence-electron chi connectivity index (χ2n) is 7.76. The van der Waals surface area contributed by atoms with E-state index >= 15 is 0 Å². The molecular formula is C19H28N2O3S. The van der Waals surface area contributed by atoms with Gasteiger partial charge in [0.2, 0.25) is 15.9 Å². The summed E-state index contributed by atoms with van der Waals surface area (Å²) in [7, 11) is -3.47. The molecule has 0 unspecified atom stereocenters. The Kier molecular flexibility index (Phi) is 5.49. The summed E-state index contributed by atoms with van der Waals surface area (Å²) in [6, 6.07) is 6.58. The topological polar surface area (TPSA) is 66.5 Å². The Morgan fingerprint density at radius 2 is 1.60 bits per heavy atom. The summed E-state index contributed by atoms with van der Waals surface area (Å²) in [5.74, 6) is 0.901. The molecule has 25 heavy (non-hydrogen) atoms. The van der Waals surface area contributed by atoms with Gasteiger partial charge in [-0.25, -0.2) is 8.42 Å². The molecule has 5 nitrogen and oxygen atoms in total. The molecule has 1 N–H and O–H groups in total. The molecule has 1 amide bonds. The van der Waals surface area contributed by atoms with Crippen molar-refractivity contribution in [3.05, 3.63) is 24.3 Å². The third-order valence-electron chi connectivity index (χ3n) is 5.32. The molecule has 0 bridgehead atoms. The summed E-state index contributed by atoms with van der Waals surface area (Å²) in [5, 5.41) is 2.91. The lowest BCUT2D eigenvalue weighted by molar-refractivity contribution is -0.119. The van der Waals surface area contributed by atoms with E-state index in [2.05, 4.69) is 19.2 Å². The Morgan fingerprint density at radius 1 is 1.04 bits per heavy atom. The molecule has 2 fully saturated rings. The first-order valence-corrected chi connectivity index (χ1v) is 10.7. The van der Waals surface area contributed by atoms with Gasteiger partial charge < -0.3 is 5.32 Å². The fourth-order valence-corrected chi connectivity index (χ4v) is 5.77. The Labute approximate surface area is 150 Å². The molecule has 1 heterocycles. The van der Waals surface area contributed by atoms with Crippen molar-refractivity contribution in [2.24, 2.45) is 17.8 Å². The number of hydrogen-bond acceptors (Lipinski definition) is 3. The average Bonchev–Trinajstić information content (AvgIpc) is 3.09. The number of amides is 1. The van der Waals surface area contributed by atoms with E-state index in [4.69, 9.17) is 0 Å². The lowest BCUT2D eigenvalue weighted by atomic mass is 9.94. The lowest BCUT2D eigenvalue weighted by Gasteiger charge is -2.34. The van der Waals surface area contributed by atoms with Gasteiger partial charge in [-0.05, 0) is 55.4 Å². The highest BCUT2D eigenvalue weighted by molar-refractivity contribution is 7.89. The highest BCUT2D eigenvalue weighted by Crippen LogP contribution is 2.28. The fraction of sp³-hybridized carbons (Fsp3) is 0.632. The molecule has 2 atom stereocenters. The Hall–Kier alpha value is -1.40. The molecule has 1 aliphatic carbocycles. The molecule has 3 rings (SSSR count). The van der Waals surface area contributed by atoms with Crippen LogP contribution in [0.3, 0.4) is 0 Å². The number of nitrogens with zero attached hydrogens (tertiary/aromatic N) is 1. The molecule has 1 aliphatic heterocycles. The number of piperidine rings is 1. The number of benzene rings is 1. The van der Waals surface area contributed by atoms with E-state index in [9.17, 15) is 13.2 Å². The maximum atomic E-state index is 12.9. The SMILES string of the molecule is C[C@@H]1C[C@@H](C)CN(S(=O)(=O)c2ccc(NC(=O)C3CCCC3)cc2)C1. The van der Waals surface area contributed by atoms with Crippen LogP contribution < -0.4 is 5.32 Å². The van der Waals surface area contributed by atoms with E-state index in [0.29, 0.717) is 35.5 Å². The number of rotatable bonds is 4. The second kappa shape index (κ2) is 7.46. The van der Waals surface area contributed by atoms with Gasteiger partial charge in [0.15, 0.2) is 0 Å². The van der Waals surface area contributed by atoms with Crippen LogP contribution in [0.5, 0.6) is 0 Å². The lowest BCUT2D eigenvalue weighted by Crippen LogP contribution is -2.42. The third kappa shape index (κ3) is 4.23. The van der Waals surface area contributed by atoms with Crippen molar-refractivity contribution in [2.45, 2.75) is 50.8 Å². The van der Waals surface area contributed by atoms with Crippen LogP contribution in [0.1, 0.15) is 46.0 Å². The van der Waals surface area contributed by atoms with Gasteiger partial charge in [0.05, 0.1) is 4.90 Å². The van der Waals surface area contributed by atoms with Gasteiger partial charge in [-0.2, -0.15) is 4.31 Å². The normalized spacial score (nSPS) is 25.8. The smallest absolute Gasteiger partial charge is 0.243 e. The molecule has 0 radical (unpaired) electrons. The average molecular weight is 365 g/mol. The summed E-state index contributed by atoms with van der Waals surface area (Å²) in [5.41, 5.74) is 0.663. The Balaban J connectivity index is 1.69. The number of carbonyl (C=O) groups excluding carboxylic acids is 1. The predicted molar refractivity (Wildman–Crippen MR) is 98.7 cm³/mol. The van der Waals surface area contributed by atoms with Crippen LogP contribution >= 0.6 is 0 Å². The zero-order valence-electron chi connectivity index (χ0n) is 15.1. The zero-order valence-corrected chi connectivity index (χ0v) is 15.9. The summed E-state index contributed by atoms with van der Waals surface area (Å²) in [4.78, 5) is 12.5. The van der Waals surface area contributed by atoms with Gasteiger partial charge in [-0.3, -0.25) is 4.79 Å². The van der Waals surface area contributed by atoms with Crippen molar-refractivity contribution in [3.63, 3.8) is 0 Å². The Bertz CT molecular complexity index is 699. The molecule has 1 aromatic carbocycles. The van der Waals surface area contributed by atoms with Crippen LogP contribution in [-0.2, 0) is 14.8 Å². The van der Waals surface area contributed by atoms with E-state index in [0.717, 1.165) is 32.1 Å². The summed E-state index contributed by atoms with van der Waals surface area (Å²) in [6.45, 7) is 5.35. The van der Waals surface area contributed by atoms with Crippen molar-refractivity contribution in [2.75, 3.05) is 18.4 Å². The van der Waals surface area contributed by atoms with Crippen molar-refractivity contribution in [3.8, 4) is 0 Å². The standard InChI is InChI=1S/C19H28N2O3S/c1-14-11-15(2)13-21(12-14)25(23,24)18-9-7-17(8-10-18)20-19(22)16-5-3-4-6-16/h7-10,14-16H,3-6,11-13H2,1-2H3,(H,20,22)/t14-,15-/m1/s1. The summed E-state index contributed by atoms with van der Waals surface area (Å²) < 4.78 is 27.3. The number of anilines is 1. The largest absolute Gasteiger partial charge is 0.326 e. The van der Waals surface area contributed by atoms with Crippen LogP contribution in [0.15, 0.2) is 29.2 Å².